The highest BCUT2D eigenvalue weighted by atomic mass is 16.9. The summed E-state index contributed by atoms with van der Waals surface area (Å²) in [6.45, 7) is 2.14. The van der Waals surface area contributed by atoms with Gasteiger partial charge in [-0.05, 0) is 12.8 Å². The highest BCUT2D eigenvalue weighted by molar-refractivity contribution is 4.66. The van der Waals surface area contributed by atoms with Crippen LogP contribution in [-0.4, -0.2) is 25.8 Å². The average Bonchev–Trinajstić information content (AvgIpc) is 2.32. The van der Waals surface area contributed by atoms with Gasteiger partial charge in [-0.25, -0.2) is 0 Å². The standard InChI is InChI=1S/C8H14O3/c1-2-4-8(9-5-3-1)10-6-7-11-8/h1-7H2. The lowest BCUT2D eigenvalue weighted by molar-refractivity contribution is -0.330. The van der Waals surface area contributed by atoms with E-state index in [1.54, 1.807) is 0 Å². The molecule has 0 saturated carbocycles. The Morgan fingerprint density at radius 1 is 0.727 bits per heavy atom. The van der Waals surface area contributed by atoms with Crippen LogP contribution in [0.25, 0.3) is 0 Å². The normalized spacial score (nSPS) is 30.5. The molecular formula is C8H14O3. The van der Waals surface area contributed by atoms with Crippen LogP contribution < -0.4 is 0 Å². The van der Waals surface area contributed by atoms with Crippen LogP contribution in [0.1, 0.15) is 25.7 Å². The SMILES string of the molecule is C1CCOC2(CC1)OCCO2. The van der Waals surface area contributed by atoms with Gasteiger partial charge in [0.2, 0.25) is 0 Å². The van der Waals surface area contributed by atoms with Gasteiger partial charge >= 0.3 is 0 Å². The van der Waals surface area contributed by atoms with E-state index >= 15 is 0 Å². The minimum absolute atomic E-state index is 0.642. The van der Waals surface area contributed by atoms with Gasteiger partial charge in [-0.3, -0.25) is 0 Å². The van der Waals surface area contributed by atoms with Gasteiger partial charge in [0.15, 0.2) is 0 Å². The van der Waals surface area contributed by atoms with Gasteiger partial charge in [0.25, 0.3) is 5.97 Å². The third-order valence-corrected chi connectivity index (χ3v) is 2.18. The molecule has 2 rings (SSSR count). The molecule has 0 aromatic rings. The molecule has 64 valence electrons. The van der Waals surface area contributed by atoms with E-state index in [1.165, 1.54) is 6.42 Å². The molecular weight excluding hydrogens is 144 g/mol. The van der Waals surface area contributed by atoms with Crippen molar-refractivity contribution in [1.82, 2.24) is 0 Å². The van der Waals surface area contributed by atoms with E-state index in [0.717, 1.165) is 25.9 Å². The molecule has 3 heteroatoms. The summed E-state index contributed by atoms with van der Waals surface area (Å²) in [5, 5.41) is 0. The molecule has 0 unspecified atom stereocenters. The summed E-state index contributed by atoms with van der Waals surface area (Å²) in [6.07, 6.45) is 4.41. The fraction of sp³-hybridized carbons (Fsp3) is 1.00. The monoisotopic (exact) mass is 158 g/mol. The van der Waals surface area contributed by atoms with Crippen LogP contribution in [0.5, 0.6) is 0 Å². The van der Waals surface area contributed by atoms with Crippen molar-refractivity contribution in [2.75, 3.05) is 19.8 Å². The Labute approximate surface area is 66.6 Å². The minimum atomic E-state index is -0.642. The molecule has 0 radical (unpaired) electrons. The lowest BCUT2D eigenvalue weighted by Crippen LogP contribution is -2.32. The Balaban J connectivity index is 1.97. The second-order valence-corrected chi connectivity index (χ2v) is 3.04. The van der Waals surface area contributed by atoms with Crippen molar-refractivity contribution in [3.05, 3.63) is 0 Å². The summed E-state index contributed by atoms with van der Waals surface area (Å²) in [4.78, 5) is 0. The molecule has 11 heavy (non-hydrogen) atoms. The molecule has 2 aliphatic rings. The highest BCUT2D eigenvalue weighted by Crippen LogP contribution is 2.29. The van der Waals surface area contributed by atoms with E-state index in [0.29, 0.717) is 13.2 Å². The number of rotatable bonds is 0. The Kier molecular flexibility index (Phi) is 2.11. The summed E-state index contributed by atoms with van der Waals surface area (Å²) in [7, 11) is 0. The van der Waals surface area contributed by atoms with Crippen molar-refractivity contribution in [3.8, 4) is 0 Å². The first-order valence-electron chi connectivity index (χ1n) is 4.33. The van der Waals surface area contributed by atoms with Crippen LogP contribution >= 0.6 is 0 Å². The van der Waals surface area contributed by atoms with Gasteiger partial charge in [-0.2, -0.15) is 0 Å². The van der Waals surface area contributed by atoms with Crippen LogP contribution in [-0.2, 0) is 14.2 Å². The van der Waals surface area contributed by atoms with E-state index in [9.17, 15) is 0 Å². The first-order chi connectivity index (χ1) is 5.41. The first-order valence-corrected chi connectivity index (χ1v) is 4.33. The summed E-state index contributed by atoms with van der Waals surface area (Å²) in [5.74, 6) is -0.642. The van der Waals surface area contributed by atoms with Crippen molar-refractivity contribution in [2.24, 2.45) is 0 Å². The van der Waals surface area contributed by atoms with Crippen LogP contribution in [0.4, 0.5) is 0 Å². The van der Waals surface area contributed by atoms with Crippen molar-refractivity contribution in [2.45, 2.75) is 31.7 Å². The number of ether oxygens (including phenoxy) is 3. The maximum absolute atomic E-state index is 5.51. The van der Waals surface area contributed by atoms with E-state index in [-0.39, 0.29) is 0 Å². The summed E-state index contributed by atoms with van der Waals surface area (Å²) >= 11 is 0. The molecule has 0 N–H and O–H groups in total. The second-order valence-electron chi connectivity index (χ2n) is 3.04. The summed E-state index contributed by atoms with van der Waals surface area (Å²) in [6, 6.07) is 0. The molecule has 0 bridgehead atoms. The highest BCUT2D eigenvalue weighted by Gasteiger charge is 2.38. The molecule has 0 aromatic heterocycles. The Hall–Kier alpha value is -0.120. The van der Waals surface area contributed by atoms with Crippen molar-refractivity contribution >= 4 is 0 Å². The van der Waals surface area contributed by atoms with Gasteiger partial charge in [0, 0.05) is 6.42 Å². The van der Waals surface area contributed by atoms with Gasteiger partial charge in [0.05, 0.1) is 19.8 Å². The van der Waals surface area contributed by atoms with Crippen LogP contribution in [0, 0.1) is 0 Å². The van der Waals surface area contributed by atoms with Crippen molar-refractivity contribution in [1.29, 1.82) is 0 Å². The smallest absolute Gasteiger partial charge is 0.283 e. The number of hydrogen-bond acceptors (Lipinski definition) is 3. The summed E-state index contributed by atoms with van der Waals surface area (Å²) in [5.41, 5.74) is 0. The molecule has 0 amide bonds. The van der Waals surface area contributed by atoms with Crippen LogP contribution in [0.3, 0.4) is 0 Å². The van der Waals surface area contributed by atoms with E-state index in [4.69, 9.17) is 14.2 Å². The lowest BCUT2D eigenvalue weighted by atomic mass is 10.2. The van der Waals surface area contributed by atoms with Crippen molar-refractivity contribution in [3.63, 3.8) is 0 Å². The zero-order valence-corrected chi connectivity index (χ0v) is 6.67. The molecule has 3 nitrogen and oxygen atoms in total. The largest absolute Gasteiger partial charge is 0.327 e. The predicted molar refractivity (Wildman–Crippen MR) is 39.1 cm³/mol. The molecule has 1 spiro atoms. The predicted octanol–water partition coefficient (Wildman–Crippen LogP) is 1.28. The number of hydrogen-bond donors (Lipinski definition) is 0. The molecule has 0 aliphatic carbocycles. The fourth-order valence-corrected chi connectivity index (χ4v) is 1.58. The molecule has 2 aliphatic heterocycles. The first kappa shape index (κ1) is 7.53. The third kappa shape index (κ3) is 1.55. The summed E-state index contributed by atoms with van der Waals surface area (Å²) < 4.78 is 16.3. The topological polar surface area (TPSA) is 27.7 Å². The van der Waals surface area contributed by atoms with E-state index in [1.807, 2.05) is 0 Å². The van der Waals surface area contributed by atoms with Crippen LogP contribution in [0.2, 0.25) is 0 Å². The molecule has 2 heterocycles. The zero-order valence-electron chi connectivity index (χ0n) is 6.67. The second kappa shape index (κ2) is 3.09. The van der Waals surface area contributed by atoms with Crippen molar-refractivity contribution < 1.29 is 14.2 Å². The molecule has 2 fully saturated rings. The van der Waals surface area contributed by atoms with Gasteiger partial charge in [-0.15, -0.1) is 0 Å². The van der Waals surface area contributed by atoms with Gasteiger partial charge in [0.1, 0.15) is 0 Å². The Bertz CT molecular complexity index is 119. The Morgan fingerprint density at radius 2 is 1.45 bits per heavy atom. The lowest BCUT2D eigenvalue weighted by Gasteiger charge is -2.24. The molecule has 2 saturated heterocycles. The Morgan fingerprint density at radius 3 is 2.27 bits per heavy atom. The minimum Gasteiger partial charge on any atom is -0.327 e. The maximum atomic E-state index is 5.51. The maximum Gasteiger partial charge on any atom is 0.283 e. The fourth-order valence-electron chi connectivity index (χ4n) is 1.58. The average molecular weight is 158 g/mol. The molecule has 0 aromatic carbocycles. The molecule has 0 atom stereocenters. The zero-order chi connectivity index (χ0) is 7.57. The van der Waals surface area contributed by atoms with Gasteiger partial charge < -0.3 is 14.2 Å². The van der Waals surface area contributed by atoms with E-state index in [2.05, 4.69) is 0 Å². The van der Waals surface area contributed by atoms with Crippen LogP contribution in [0.15, 0.2) is 0 Å². The quantitative estimate of drug-likeness (QED) is 0.531. The van der Waals surface area contributed by atoms with E-state index < -0.39 is 5.97 Å². The van der Waals surface area contributed by atoms with Gasteiger partial charge in [-0.1, -0.05) is 6.42 Å². The third-order valence-electron chi connectivity index (χ3n) is 2.18.